The predicted molar refractivity (Wildman–Crippen MR) is 128 cm³/mol. The van der Waals surface area contributed by atoms with E-state index < -0.39 is 10.0 Å². The third-order valence-electron chi connectivity index (χ3n) is 6.27. The van der Waals surface area contributed by atoms with Gasteiger partial charge in [-0.2, -0.15) is 4.31 Å². The van der Waals surface area contributed by atoms with E-state index in [-0.39, 0.29) is 6.04 Å². The van der Waals surface area contributed by atoms with Crippen LogP contribution >= 0.6 is 0 Å². The highest BCUT2D eigenvalue weighted by molar-refractivity contribution is 7.89. The average Bonchev–Trinajstić information content (AvgIpc) is 3.24. The Labute approximate surface area is 193 Å². The largest absolute Gasteiger partial charge is 0.496 e. The number of fused-ring (bicyclic) bond motifs is 1. The summed E-state index contributed by atoms with van der Waals surface area (Å²) < 4.78 is 35.6. The zero-order valence-corrected chi connectivity index (χ0v) is 19.5. The maximum absolute atomic E-state index is 13.3. The van der Waals surface area contributed by atoms with Crippen LogP contribution < -0.4 is 4.74 Å². The van der Waals surface area contributed by atoms with Gasteiger partial charge in [-0.3, -0.25) is 0 Å². The number of aryl methyl sites for hydroxylation is 1. The fourth-order valence-electron chi connectivity index (χ4n) is 4.57. The van der Waals surface area contributed by atoms with E-state index in [4.69, 9.17) is 9.72 Å². The summed E-state index contributed by atoms with van der Waals surface area (Å²) in [6, 6.07) is 19.1. The highest BCUT2D eigenvalue weighted by Gasteiger charge is 2.32. The van der Waals surface area contributed by atoms with Crippen molar-refractivity contribution in [1.82, 2.24) is 18.8 Å². The number of benzene rings is 2. The zero-order chi connectivity index (χ0) is 23.0. The number of methoxy groups -OCH3 is 1. The molecule has 8 heteroatoms. The van der Waals surface area contributed by atoms with Crippen LogP contribution in [-0.4, -0.2) is 47.5 Å². The average molecular weight is 463 g/mol. The Bertz CT molecular complexity index is 1390. The second kappa shape index (κ2) is 8.61. The van der Waals surface area contributed by atoms with E-state index in [9.17, 15) is 8.42 Å². The summed E-state index contributed by atoms with van der Waals surface area (Å²) in [6.45, 7) is 2.74. The van der Waals surface area contributed by atoms with Crippen molar-refractivity contribution in [3.63, 3.8) is 0 Å². The number of hydrogen-bond acceptors (Lipinski definition) is 5. The standard InChI is InChI=1S/C25H26N4O3S/c1-18-17-21(10-11-23(18)32-2)33(30,31)28-15-12-20(13-16-28)29-24(19-7-4-3-5-8-19)27-22-9-6-14-26-25(22)29/h3-11,14,17,20H,12-13,15-16H2,1-2H3. The molecule has 170 valence electrons. The van der Waals surface area contributed by atoms with Crippen molar-refractivity contribution in [2.24, 2.45) is 0 Å². The molecule has 4 aromatic rings. The lowest BCUT2D eigenvalue weighted by molar-refractivity contribution is 0.278. The lowest BCUT2D eigenvalue weighted by Crippen LogP contribution is -2.39. The number of imidazole rings is 1. The first-order valence-corrected chi connectivity index (χ1v) is 12.5. The highest BCUT2D eigenvalue weighted by Crippen LogP contribution is 2.34. The quantitative estimate of drug-likeness (QED) is 0.438. The molecule has 1 aliphatic rings. The fourth-order valence-corrected chi connectivity index (χ4v) is 6.12. The van der Waals surface area contributed by atoms with Gasteiger partial charge in [-0.25, -0.2) is 18.4 Å². The summed E-state index contributed by atoms with van der Waals surface area (Å²) in [5.41, 5.74) is 3.51. The first-order chi connectivity index (χ1) is 16.0. The molecule has 0 radical (unpaired) electrons. The zero-order valence-electron chi connectivity index (χ0n) is 18.7. The van der Waals surface area contributed by atoms with Gasteiger partial charge in [0, 0.05) is 30.9 Å². The van der Waals surface area contributed by atoms with Gasteiger partial charge in [0.1, 0.15) is 17.1 Å². The predicted octanol–water partition coefficient (Wildman–Crippen LogP) is 4.44. The first-order valence-electron chi connectivity index (χ1n) is 11.0. The van der Waals surface area contributed by atoms with Crippen LogP contribution in [-0.2, 0) is 10.0 Å². The van der Waals surface area contributed by atoms with Gasteiger partial charge in [-0.05, 0) is 55.7 Å². The number of aromatic nitrogens is 3. The molecule has 7 nitrogen and oxygen atoms in total. The van der Waals surface area contributed by atoms with Crippen molar-refractivity contribution in [2.45, 2.75) is 30.7 Å². The van der Waals surface area contributed by atoms with Crippen LogP contribution in [0.15, 0.2) is 71.8 Å². The number of rotatable bonds is 5. The number of sulfonamides is 1. The van der Waals surface area contributed by atoms with E-state index in [1.54, 1.807) is 35.8 Å². The third kappa shape index (κ3) is 3.89. The van der Waals surface area contributed by atoms with Crippen LogP contribution in [0, 0.1) is 6.92 Å². The minimum atomic E-state index is -3.57. The van der Waals surface area contributed by atoms with Crippen LogP contribution in [0.1, 0.15) is 24.4 Å². The molecule has 0 saturated carbocycles. The summed E-state index contributed by atoms with van der Waals surface area (Å²) in [5, 5.41) is 0. The van der Waals surface area contributed by atoms with Crippen molar-refractivity contribution in [2.75, 3.05) is 20.2 Å². The van der Waals surface area contributed by atoms with Gasteiger partial charge in [-0.15, -0.1) is 0 Å². The van der Waals surface area contributed by atoms with Crippen molar-refractivity contribution in [1.29, 1.82) is 0 Å². The maximum atomic E-state index is 13.3. The van der Waals surface area contributed by atoms with E-state index in [0.717, 1.165) is 28.1 Å². The Morgan fingerprint density at radius 1 is 1.00 bits per heavy atom. The molecule has 3 heterocycles. The molecule has 2 aromatic carbocycles. The highest BCUT2D eigenvalue weighted by atomic mass is 32.2. The minimum absolute atomic E-state index is 0.115. The smallest absolute Gasteiger partial charge is 0.243 e. The van der Waals surface area contributed by atoms with Crippen molar-refractivity contribution in [3.8, 4) is 17.1 Å². The Morgan fingerprint density at radius 3 is 2.45 bits per heavy atom. The van der Waals surface area contributed by atoms with E-state index in [1.165, 1.54) is 0 Å². The normalized spacial score (nSPS) is 15.7. The maximum Gasteiger partial charge on any atom is 0.243 e. The van der Waals surface area contributed by atoms with Gasteiger partial charge in [0.15, 0.2) is 5.65 Å². The summed E-state index contributed by atoms with van der Waals surface area (Å²) in [4.78, 5) is 9.76. The number of ether oxygens (including phenoxy) is 1. The molecule has 0 bridgehead atoms. The van der Waals surface area contributed by atoms with Crippen LogP contribution in [0.25, 0.3) is 22.6 Å². The van der Waals surface area contributed by atoms with Gasteiger partial charge in [0.05, 0.1) is 12.0 Å². The van der Waals surface area contributed by atoms with E-state index >= 15 is 0 Å². The monoisotopic (exact) mass is 462 g/mol. The molecule has 0 spiro atoms. The molecule has 33 heavy (non-hydrogen) atoms. The second-order valence-corrected chi connectivity index (χ2v) is 10.2. The molecule has 0 aliphatic carbocycles. The molecule has 0 unspecified atom stereocenters. The topological polar surface area (TPSA) is 77.3 Å². The van der Waals surface area contributed by atoms with Crippen LogP contribution in [0.4, 0.5) is 0 Å². The number of piperidine rings is 1. The molecule has 1 fully saturated rings. The Balaban J connectivity index is 1.43. The van der Waals surface area contributed by atoms with E-state index in [2.05, 4.69) is 9.55 Å². The van der Waals surface area contributed by atoms with Crippen molar-refractivity contribution < 1.29 is 13.2 Å². The number of hydrogen-bond donors (Lipinski definition) is 0. The molecule has 2 aromatic heterocycles. The minimum Gasteiger partial charge on any atom is -0.496 e. The summed E-state index contributed by atoms with van der Waals surface area (Å²) in [6.07, 6.45) is 3.16. The lowest BCUT2D eigenvalue weighted by atomic mass is 10.1. The Morgan fingerprint density at radius 2 is 1.76 bits per heavy atom. The molecule has 0 amide bonds. The molecular formula is C25H26N4O3S. The first kappa shape index (κ1) is 21.6. The van der Waals surface area contributed by atoms with Crippen molar-refractivity contribution >= 4 is 21.2 Å². The molecule has 1 saturated heterocycles. The summed E-state index contributed by atoms with van der Waals surface area (Å²) >= 11 is 0. The van der Waals surface area contributed by atoms with Crippen LogP contribution in [0.2, 0.25) is 0 Å². The molecule has 1 aliphatic heterocycles. The molecule has 0 N–H and O–H groups in total. The van der Waals surface area contributed by atoms with Gasteiger partial charge in [0.2, 0.25) is 10.0 Å². The second-order valence-electron chi connectivity index (χ2n) is 8.28. The molecule has 5 rings (SSSR count). The van der Waals surface area contributed by atoms with Crippen molar-refractivity contribution in [3.05, 3.63) is 72.4 Å². The van der Waals surface area contributed by atoms with Crippen LogP contribution in [0.3, 0.4) is 0 Å². The Kier molecular flexibility index (Phi) is 5.64. The van der Waals surface area contributed by atoms with Gasteiger partial charge >= 0.3 is 0 Å². The van der Waals surface area contributed by atoms with E-state index in [0.29, 0.717) is 36.6 Å². The number of nitrogens with zero attached hydrogens (tertiary/aromatic N) is 4. The SMILES string of the molecule is COc1ccc(S(=O)(=O)N2CCC(n3c(-c4ccccc4)nc4cccnc43)CC2)cc1C. The van der Waals surface area contributed by atoms with Gasteiger partial charge in [-0.1, -0.05) is 30.3 Å². The van der Waals surface area contributed by atoms with Gasteiger partial charge < -0.3 is 9.30 Å². The molecular weight excluding hydrogens is 436 g/mol. The summed E-state index contributed by atoms with van der Waals surface area (Å²) in [7, 11) is -1.99. The fraction of sp³-hybridized carbons (Fsp3) is 0.280. The Hall–Kier alpha value is -3.23. The third-order valence-corrected chi connectivity index (χ3v) is 8.17. The van der Waals surface area contributed by atoms with Gasteiger partial charge in [0.25, 0.3) is 0 Å². The summed E-state index contributed by atoms with van der Waals surface area (Å²) in [5.74, 6) is 1.55. The van der Waals surface area contributed by atoms with Crippen LogP contribution in [0.5, 0.6) is 5.75 Å². The molecule has 0 atom stereocenters. The number of pyridine rings is 1. The van der Waals surface area contributed by atoms with E-state index in [1.807, 2.05) is 49.4 Å². The lowest BCUT2D eigenvalue weighted by Gasteiger charge is -2.32.